The van der Waals surface area contributed by atoms with Crippen LogP contribution >= 0.6 is 39.1 Å². The Hall–Kier alpha value is -0.610. The number of hydrogen-bond acceptors (Lipinski definition) is 1. The fourth-order valence-corrected chi connectivity index (χ4v) is 2.92. The van der Waals surface area contributed by atoms with Gasteiger partial charge in [0.25, 0.3) is 0 Å². The predicted molar refractivity (Wildman–Crippen MR) is 85.9 cm³/mol. The Morgan fingerprint density at radius 3 is 2.45 bits per heavy atom. The van der Waals surface area contributed by atoms with Crippen molar-refractivity contribution in [3.63, 3.8) is 0 Å². The quantitative estimate of drug-likeness (QED) is 0.797. The average molecular weight is 377 g/mol. The van der Waals surface area contributed by atoms with Gasteiger partial charge in [-0.2, -0.15) is 0 Å². The van der Waals surface area contributed by atoms with Gasteiger partial charge < -0.3 is 5.73 Å². The Labute approximate surface area is 136 Å². The summed E-state index contributed by atoms with van der Waals surface area (Å²) >= 11 is 15.4. The zero-order valence-corrected chi connectivity index (χ0v) is 13.6. The first-order chi connectivity index (χ1) is 9.45. The molecule has 2 aromatic carbocycles. The van der Waals surface area contributed by atoms with Gasteiger partial charge in [0, 0.05) is 20.6 Å². The van der Waals surface area contributed by atoms with Crippen molar-refractivity contribution in [3.05, 3.63) is 67.9 Å². The Kier molecular flexibility index (Phi) is 5.44. The number of halogens is 4. The third kappa shape index (κ3) is 4.19. The van der Waals surface area contributed by atoms with Gasteiger partial charge in [-0.1, -0.05) is 45.2 Å². The van der Waals surface area contributed by atoms with Crippen LogP contribution in [-0.4, -0.2) is 6.04 Å². The maximum atomic E-state index is 13.2. The molecule has 1 atom stereocenters. The van der Waals surface area contributed by atoms with Gasteiger partial charge in [0.2, 0.25) is 0 Å². The molecule has 0 spiro atoms. The van der Waals surface area contributed by atoms with E-state index < -0.39 is 0 Å². The highest BCUT2D eigenvalue weighted by Crippen LogP contribution is 2.24. The maximum Gasteiger partial charge on any atom is 0.123 e. The summed E-state index contributed by atoms with van der Waals surface area (Å²) in [5.41, 5.74) is 7.92. The number of nitrogens with two attached hydrogens (primary N) is 1. The summed E-state index contributed by atoms with van der Waals surface area (Å²) < 4.78 is 14.1. The Morgan fingerprint density at radius 2 is 1.75 bits per heavy atom. The minimum atomic E-state index is -0.264. The molecule has 0 heterocycles. The molecule has 0 saturated heterocycles. The van der Waals surface area contributed by atoms with E-state index in [0.717, 1.165) is 15.6 Å². The molecular weight excluding hydrogens is 364 g/mol. The van der Waals surface area contributed by atoms with E-state index >= 15 is 0 Å². The van der Waals surface area contributed by atoms with Crippen LogP contribution in [0, 0.1) is 5.82 Å². The fourth-order valence-electron chi connectivity index (χ4n) is 2.02. The fraction of sp³-hybridized carbons (Fsp3) is 0.200. The summed E-state index contributed by atoms with van der Waals surface area (Å²) in [6.07, 6.45) is 1.18. The summed E-state index contributed by atoms with van der Waals surface area (Å²) in [5, 5.41) is 1.20. The molecule has 2 rings (SSSR count). The first-order valence-electron chi connectivity index (χ1n) is 6.09. The molecule has 0 saturated carbocycles. The van der Waals surface area contributed by atoms with E-state index in [4.69, 9.17) is 28.9 Å². The average Bonchev–Trinajstić information content (AvgIpc) is 2.37. The molecule has 0 aliphatic heterocycles. The van der Waals surface area contributed by atoms with Crippen molar-refractivity contribution in [2.24, 2.45) is 5.73 Å². The van der Waals surface area contributed by atoms with Crippen LogP contribution in [0.2, 0.25) is 10.0 Å². The predicted octanol–water partition coefficient (Wildman–Crippen LogP) is 5.01. The van der Waals surface area contributed by atoms with E-state index in [1.807, 2.05) is 6.07 Å². The summed E-state index contributed by atoms with van der Waals surface area (Å²) in [6.45, 7) is 0. The van der Waals surface area contributed by atoms with Crippen molar-refractivity contribution in [1.82, 2.24) is 0 Å². The van der Waals surface area contributed by atoms with Crippen molar-refractivity contribution in [1.29, 1.82) is 0 Å². The molecule has 2 aromatic rings. The highest BCUT2D eigenvalue weighted by molar-refractivity contribution is 9.10. The molecule has 0 aromatic heterocycles. The lowest BCUT2D eigenvalue weighted by atomic mass is 9.99. The van der Waals surface area contributed by atoms with Crippen molar-refractivity contribution < 1.29 is 4.39 Å². The third-order valence-corrected chi connectivity index (χ3v) is 4.35. The lowest BCUT2D eigenvalue weighted by Gasteiger charge is -2.14. The van der Waals surface area contributed by atoms with Gasteiger partial charge in [0.1, 0.15) is 5.82 Å². The van der Waals surface area contributed by atoms with E-state index in [2.05, 4.69) is 15.9 Å². The third-order valence-electron chi connectivity index (χ3n) is 2.99. The van der Waals surface area contributed by atoms with Crippen LogP contribution < -0.4 is 5.73 Å². The molecule has 1 nitrogen and oxygen atoms in total. The maximum absolute atomic E-state index is 13.2. The van der Waals surface area contributed by atoms with Crippen LogP contribution in [0.1, 0.15) is 11.1 Å². The van der Waals surface area contributed by atoms with Crippen molar-refractivity contribution in [2.75, 3.05) is 0 Å². The first kappa shape index (κ1) is 15.8. The van der Waals surface area contributed by atoms with Crippen LogP contribution in [-0.2, 0) is 12.8 Å². The first-order valence-corrected chi connectivity index (χ1v) is 7.64. The minimum Gasteiger partial charge on any atom is -0.327 e. The molecule has 0 aliphatic rings. The van der Waals surface area contributed by atoms with Crippen LogP contribution in [0.25, 0.3) is 0 Å². The number of benzene rings is 2. The smallest absolute Gasteiger partial charge is 0.123 e. The summed E-state index contributed by atoms with van der Waals surface area (Å²) in [6, 6.07) is 9.80. The highest BCUT2D eigenvalue weighted by atomic mass is 79.9. The molecule has 2 N–H and O–H groups in total. The van der Waals surface area contributed by atoms with Crippen molar-refractivity contribution in [3.8, 4) is 0 Å². The standard InChI is InChI=1S/C15H13BrCl2FN/c16-14-4-3-12(19)5-10(14)7-13(20)6-9-1-2-11(17)8-15(9)18/h1-5,8,13H,6-7,20H2. The molecule has 5 heteroatoms. The summed E-state index contributed by atoms with van der Waals surface area (Å²) in [4.78, 5) is 0. The van der Waals surface area contributed by atoms with Gasteiger partial charge in [-0.05, 0) is 54.3 Å². The number of rotatable bonds is 4. The SMILES string of the molecule is NC(Cc1ccc(Cl)cc1Cl)Cc1cc(F)ccc1Br. The number of hydrogen-bond donors (Lipinski definition) is 1. The summed E-state index contributed by atoms with van der Waals surface area (Å²) in [5.74, 6) is -0.264. The van der Waals surface area contributed by atoms with Crippen LogP contribution in [0.3, 0.4) is 0 Å². The molecule has 106 valence electrons. The van der Waals surface area contributed by atoms with Gasteiger partial charge in [0.15, 0.2) is 0 Å². The monoisotopic (exact) mass is 375 g/mol. The van der Waals surface area contributed by atoms with E-state index in [1.54, 1.807) is 18.2 Å². The van der Waals surface area contributed by atoms with Gasteiger partial charge in [-0.15, -0.1) is 0 Å². The van der Waals surface area contributed by atoms with Gasteiger partial charge in [-0.3, -0.25) is 0 Å². The molecule has 1 unspecified atom stereocenters. The zero-order chi connectivity index (χ0) is 14.7. The van der Waals surface area contributed by atoms with Crippen LogP contribution in [0.5, 0.6) is 0 Å². The Morgan fingerprint density at radius 1 is 1.05 bits per heavy atom. The van der Waals surface area contributed by atoms with Gasteiger partial charge in [0.05, 0.1) is 0 Å². The van der Waals surface area contributed by atoms with Gasteiger partial charge in [-0.25, -0.2) is 4.39 Å². The summed E-state index contributed by atoms with van der Waals surface area (Å²) in [7, 11) is 0. The highest BCUT2D eigenvalue weighted by Gasteiger charge is 2.11. The van der Waals surface area contributed by atoms with E-state index in [0.29, 0.717) is 22.9 Å². The molecular formula is C15H13BrCl2FN. The second-order valence-electron chi connectivity index (χ2n) is 4.64. The second-order valence-corrected chi connectivity index (χ2v) is 6.34. The Balaban J connectivity index is 2.08. The lowest BCUT2D eigenvalue weighted by Crippen LogP contribution is -2.25. The lowest BCUT2D eigenvalue weighted by molar-refractivity contribution is 0.617. The normalized spacial score (nSPS) is 12.4. The van der Waals surface area contributed by atoms with Crippen LogP contribution in [0.15, 0.2) is 40.9 Å². The topological polar surface area (TPSA) is 26.0 Å². The van der Waals surface area contributed by atoms with E-state index in [1.165, 1.54) is 12.1 Å². The molecule has 0 radical (unpaired) electrons. The zero-order valence-electron chi connectivity index (χ0n) is 10.5. The van der Waals surface area contributed by atoms with E-state index in [-0.39, 0.29) is 11.9 Å². The molecule has 20 heavy (non-hydrogen) atoms. The molecule has 0 aliphatic carbocycles. The molecule has 0 amide bonds. The minimum absolute atomic E-state index is 0.147. The Bertz CT molecular complexity index is 619. The van der Waals surface area contributed by atoms with E-state index in [9.17, 15) is 4.39 Å². The largest absolute Gasteiger partial charge is 0.327 e. The van der Waals surface area contributed by atoms with Crippen LogP contribution in [0.4, 0.5) is 4.39 Å². The van der Waals surface area contributed by atoms with Gasteiger partial charge >= 0.3 is 0 Å². The molecule has 0 bridgehead atoms. The van der Waals surface area contributed by atoms with Crippen molar-refractivity contribution in [2.45, 2.75) is 18.9 Å². The second kappa shape index (κ2) is 6.90. The molecule has 0 fully saturated rings. The van der Waals surface area contributed by atoms with Crippen molar-refractivity contribution >= 4 is 39.1 Å².